The summed E-state index contributed by atoms with van der Waals surface area (Å²) in [7, 11) is -2.57. The Kier molecular flexibility index (Phi) is 10.3. The standard InChI is InChI=1S/C20H36NO6P/c1-14(2)11-16(18(22)23)13-28(25)26-12-17(15-9-7-6-8-10-15)21-19(24)27-20(3,4)5/h11,14-15,17,28H,6-10,12-13H2,1-5H3,(H,21,24)(H,22,23)/b16-11+. The molecule has 162 valence electrons. The predicted octanol–water partition coefficient (Wildman–Crippen LogP) is 4.62. The minimum absolute atomic E-state index is 0.0460. The monoisotopic (exact) mass is 417 g/mol. The van der Waals surface area contributed by atoms with E-state index >= 15 is 0 Å². The first-order valence-electron chi connectivity index (χ1n) is 10.1. The van der Waals surface area contributed by atoms with Crippen molar-refractivity contribution in [3.63, 3.8) is 0 Å². The Morgan fingerprint density at radius 1 is 1.21 bits per heavy atom. The molecule has 8 heteroatoms. The van der Waals surface area contributed by atoms with Gasteiger partial charge in [-0.15, -0.1) is 0 Å². The smallest absolute Gasteiger partial charge is 0.407 e. The lowest BCUT2D eigenvalue weighted by molar-refractivity contribution is -0.132. The molecule has 7 nitrogen and oxygen atoms in total. The molecule has 0 heterocycles. The first-order chi connectivity index (χ1) is 13.0. The van der Waals surface area contributed by atoms with Crippen LogP contribution in [0.15, 0.2) is 11.6 Å². The van der Waals surface area contributed by atoms with Crippen molar-refractivity contribution in [3.05, 3.63) is 11.6 Å². The maximum Gasteiger partial charge on any atom is 0.407 e. The van der Waals surface area contributed by atoms with Gasteiger partial charge in [-0.3, -0.25) is 4.57 Å². The normalized spacial score (nSPS) is 18.6. The molecule has 1 aliphatic carbocycles. The fourth-order valence-electron chi connectivity index (χ4n) is 3.29. The third-order valence-corrected chi connectivity index (χ3v) is 5.65. The number of aliphatic carboxylic acids is 1. The van der Waals surface area contributed by atoms with E-state index in [9.17, 15) is 19.3 Å². The summed E-state index contributed by atoms with van der Waals surface area (Å²) in [5.41, 5.74) is -0.499. The Morgan fingerprint density at radius 2 is 1.82 bits per heavy atom. The summed E-state index contributed by atoms with van der Waals surface area (Å²) in [5.74, 6) is -0.794. The van der Waals surface area contributed by atoms with E-state index in [0.717, 1.165) is 25.7 Å². The van der Waals surface area contributed by atoms with Gasteiger partial charge >= 0.3 is 12.1 Å². The summed E-state index contributed by atoms with van der Waals surface area (Å²) in [6.07, 6.45) is 6.26. The van der Waals surface area contributed by atoms with Crippen molar-refractivity contribution in [1.29, 1.82) is 0 Å². The van der Waals surface area contributed by atoms with Crippen molar-refractivity contribution in [2.24, 2.45) is 11.8 Å². The number of nitrogens with one attached hydrogen (secondary N) is 1. The number of carbonyl (C=O) groups is 2. The van der Waals surface area contributed by atoms with Crippen LogP contribution in [-0.2, 0) is 18.6 Å². The molecule has 1 amide bonds. The second-order valence-corrected chi connectivity index (χ2v) is 10.1. The van der Waals surface area contributed by atoms with Gasteiger partial charge < -0.3 is 19.7 Å². The van der Waals surface area contributed by atoms with E-state index in [1.54, 1.807) is 26.8 Å². The Hall–Kier alpha value is -1.33. The topological polar surface area (TPSA) is 102 Å². The van der Waals surface area contributed by atoms with Crippen LogP contribution in [-0.4, -0.2) is 41.6 Å². The van der Waals surface area contributed by atoms with E-state index in [-0.39, 0.29) is 36.2 Å². The lowest BCUT2D eigenvalue weighted by Crippen LogP contribution is -2.45. The van der Waals surface area contributed by atoms with Crippen LogP contribution in [0.25, 0.3) is 0 Å². The number of alkyl carbamates (subject to hydrolysis) is 1. The molecule has 0 radical (unpaired) electrons. The number of carbonyl (C=O) groups excluding carboxylic acids is 1. The number of hydrogen-bond acceptors (Lipinski definition) is 5. The van der Waals surface area contributed by atoms with Crippen molar-refractivity contribution in [2.45, 2.75) is 78.4 Å². The number of ether oxygens (including phenoxy) is 1. The van der Waals surface area contributed by atoms with Crippen LogP contribution >= 0.6 is 8.03 Å². The molecular weight excluding hydrogens is 381 g/mol. The molecule has 28 heavy (non-hydrogen) atoms. The average Bonchev–Trinajstić information content (AvgIpc) is 2.56. The van der Waals surface area contributed by atoms with Gasteiger partial charge in [0.2, 0.25) is 0 Å². The molecule has 2 N–H and O–H groups in total. The van der Waals surface area contributed by atoms with Crippen molar-refractivity contribution < 1.29 is 28.5 Å². The molecule has 0 saturated heterocycles. The molecule has 0 aromatic rings. The first kappa shape index (κ1) is 24.7. The predicted molar refractivity (Wildman–Crippen MR) is 110 cm³/mol. The Morgan fingerprint density at radius 3 is 2.32 bits per heavy atom. The van der Waals surface area contributed by atoms with E-state index in [4.69, 9.17) is 9.26 Å². The van der Waals surface area contributed by atoms with Crippen LogP contribution in [0.5, 0.6) is 0 Å². The maximum atomic E-state index is 12.4. The molecule has 0 bridgehead atoms. The first-order valence-corrected chi connectivity index (χ1v) is 11.6. The molecule has 0 aromatic heterocycles. The van der Waals surface area contributed by atoms with Crippen molar-refractivity contribution in [1.82, 2.24) is 5.32 Å². The molecule has 0 spiro atoms. The van der Waals surface area contributed by atoms with Gasteiger partial charge in [-0.25, -0.2) is 9.59 Å². The van der Waals surface area contributed by atoms with Crippen molar-refractivity contribution in [2.75, 3.05) is 12.8 Å². The van der Waals surface area contributed by atoms with Gasteiger partial charge in [0.25, 0.3) is 0 Å². The highest BCUT2D eigenvalue weighted by atomic mass is 31.1. The minimum atomic E-state index is -2.57. The molecule has 0 aliphatic heterocycles. The molecule has 1 fully saturated rings. The molecule has 0 aromatic carbocycles. The second-order valence-electron chi connectivity index (χ2n) is 8.75. The lowest BCUT2D eigenvalue weighted by Gasteiger charge is -2.31. The van der Waals surface area contributed by atoms with E-state index < -0.39 is 25.7 Å². The van der Waals surface area contributed by atoms with Crippen LogP contribution < -0.4 is 5.32 Å². The van der Waals surface area contributed by atoms with Crippen LogP contribution in [0.2, 0.25) is 0 Å². The molecule has 2 unspecified atom stereocenters. The summed E-state index contributed by atoms with van der Waals surface area (Å²) in [6, 6.07) is -0.300. The summed E-state index contributed by atoms with van der Waals surface area (Å²) in [5, 5.41) is 12.1. The molecule has 1 rings (SSSR count). The SMILES string of the molecule is CC(C)/C=C(\C[PH](=O)OCC(NC(=O)OC(C)(C)C)C1CCCCC1)C(=O)O. The van der Waals surface area contributed by atoms with Crippen LogP contribution in [0.4, 0.5) is 4.79 Å². The number of carboxylic acids is 1. The summed E-state index contributed by atoms with van der Waals surface area (Å²) >= 11 is 0. The number of carboxylic acid groups (broad SMARTS) is 1. The van der Waals surface area contributed by atoms with Crippen LogP contribution in [0.1, 0.15) is 66.7 Å². The maximum absolute atomic E-state index is 12.4. The van der Waals surface area contributed by atoms with Gasteiger partial charge in [0, 0.05) is 5.57 Å². The van der Waals surface area contributed by atoms with E-state index in [2.05, 4.69) is 5.32 Å². The number of amides is 1. The molecule has 2 atom stereocenters. The fourth-order valence-corrected chi connectivity index (χ4v) is 4.34. The zero-order valence-electron chi connectivity index (χ0n) is 17.7. The summed E-state index contributed by atoms with van der Waals surface area (Å²) < 4.78 is 23.2. The fraction of sp³-hybridized carbons (Fsp3) is 0.800. The van der Waals surface area contributed by atoms with Gasteiger partial charge in [0.15, 0.2) is 8.03 Å². The average molecular weight is 417 g/mol. The van der Waals surface area contributed by atoms with E-state index in [1.165, 1.54) is 6.42 Å². The van der Waals surface area contributed by atoms with Crippen molar-refractivity contribution >= 4 is 20.1 Å². The third kappa shape index (κ3) is 10.3. The third-order valence-electron chi connectivity index (χ3n) is 4.49. The lowest BCUT2D eigenvalue weighted by atomic mass is 9.84. The Labute approximate surface area is 169 Å². The highest BCUT2D eigenvalue weighted by Gasteiger charge is 2.28. The number of hydrogen-bond donors (Lipinski definition) is 2. The van der Waals surface area contributed by atoms with E-state index in [0.29, 0.717) is 0 Å². The summed E-state index contributed by atoms with van der Waals surface area (Å²) in [4.78, 5) is 23.5. The Balaban J connectivity index is 2.70. The summed E-state index contributed by atoms with van der Waals surface area (Å²) in [6.45, 7) is 9.22. The zero-order valence-corrected chi connectivity index (χ0v) is 18.7. The molecule has 1 aliphatic rings. The Bertz CT molecular complexity index is 576. The quantitative estimate of drug-likeness (QED) is 0.419. The number of rotatable bonds is 9. The molecule has 1 saturated carbocycles. The van der Waals surface area contributed by atoms with E-state index in [1.807, 2.05) is 13.8 Å². The zero-order chi connectivity index (χ0) is 21.3. The van der Waals surface area contributed by atoms with Gasteiger partial charge in [0.1, 0.15) is 5.60 Å². The van der Waals surface area contributed by atoms with Crippen LogP contribution in [0, 0.1) is 11.8 Å². The van der Waals surface area contributed by atoms with Crippen LogP contribution in [0.3, 0.4) is 0 Å². The molecular formula is C20H36NO6P. The number of allylic oxidation sites excluding steroid dienone is 1. The second kappa shape index (κ2) is 11.6. The largest absolute Gasteiger partial charge is 0.478 e. The van der Waals surface area contributed by atoms with Gasteiger partial charge in [0.05, 0.1) is 18.8 Å². The van der Waals surface area contributed by atoms with Gasteiger partial charge in [-0.05, 0) is 45.4 Å². The highest BCUT2D eigenvalue weighted by Crippen LogP contribution is 2.31. The highest BCUT2D eigenvalue weighted by molar-refractivity contribution is 7.39. The van der Waals surface area contributed by atoms with Crippen molar-refractivity contribution in [3.8, 4) is 0 Å². The minimum Gasteiger partial charge on any atom is -0.478 e. The van der Waals surface area contributed by atoms with Gasteiger partial charge in [-0.1, -0.05) is 39.2 Å². The van der Waals surface area contributed by atoms with Gasteiger partial charge in [-0.2, -0.15) is 0 Å².